The molecule has 2 heteroatoms. The van der Waals surface area contributed by atoms with Crippen molar-refractivity contribution in [3.63, 3.8) is 0 Å². The van der Waals surface area contributed by atoms with E-state index in [1.807, 2.05) is 54.6 Å². The third-order valence-corrected chi connectivity index (χ3v) is 2.13. The average Bonchev–Trinajstić information content (AvgIpc) is 2.30. The molecule has 0 unspecified atom stereocenters. The van der Waals surface area contributed by atoms with Gasteiger partial charge in [0.2, 0.25) is 0 Å². The molecule has 0 spiro atoms. The second-order valence-corrected chi connectivity index (χ2v) is 3.02. The van der Waals surface area contributed by atoms with Crippen molar-refractivity contribution >= 4 is 17.0 Å². The van der Waals surface area contributed by atoms with Crippen LogP contribution in [-0.4, -0.2) is 0 Å². The van der Waals surface area contributed by atoms with E-state index in [-0.39, 0.29) is 17.0 Å². The van der Waals surface area contributed by atoms with E-state index in [4.69, 9.17) is 5.26 Å². The lowest BCUT2D eigenvalue weighted by atomic mass is 10.0. The minimum absolute atomic E-state index is 0. The van der Waals surface area contributed by atoms with Crippen molar-refractivity contribution < 1.29 is 0 Å². The monoisotopic (exact) mass is 259 g/mol. The van der Waals surface area contributed by atoms with Crippen molar-refractivity contribution in [2.75, 3.05) is 0 Å². The van der Waals surface area contributed by atoms with Crippen LogP contribution in [0.5, 0.6) is 0 Å². The van der Waals surface area contributed by atoms with Gasteiger partial charge in [-0.3, -0.25) is 0 Å². The highest BCUT2D eigenvalue weighted by Gasteiger charge is 2.01. The van der Waals surface area contributed by atoms with E-state index in [1.165, 1.54) is 0 Å². The summed E-state index contributed by atoms with van der Waals surface area (Å²) in [5, 5.41) is 8.93. The zero-order chi connectivity index (χ0) is 9.80. The highest BCUT2D eigenvalue weighted by molar-refractivity contribution is 8.93. The topological polar surface area (TPSA) is 23.8 Å². The largest absolute Gasteiger partial charge is 0.192 e. The molecular formula is C13H10BrN. The van der Waals surface area contributed by atoms with Crippen LogP contribution in [0.3, 0.4) is 0 Å². The van der Waals surface area contributed by atoms with Gasteiger partial charge < -0.3 is 0 Å². The number of rotatable bonds is 1. The molecule has 0 fully saturated rings. The fraction of sp³-hybridized carbons (Fsp3) is 0. The third-order valence-electron chi connectivity index (χ3n) is 2.13. The first kappa shape index (κ1) is 11.5. The van der Waals surface area contributed by atoms with Crippen molar-refractivity contribution in [2.24, 2.45) is 0 Å². The van der Waals surface area contributed by atoms with Gasteiger partial charge in [0.15, 0.2) is 0 Å². The molecule has 0 bridgehead atoms. The molecule has 2 rings (SSSR count). The van der Waals surface area contributed by atoms with Gasteiger partial charge in [-0.05, 0) is 17.2 Å². The van der Waals surface area contributed by atoms with Gasteiger partial charge in [-0.2, -0.15) is 5.26 Å². The molecule has 15 heavy (non-hydrogen) atoms. The number of hydrogen-bond acceptors (Lipinski definition) is 1. The molecule has 0 aromatic heterocycles. The molecule has 1 nitrogen and oxygen atoms in total. The van der Waals surface area contributed by atoms with Gasteiger partial charge >= 0.3 is 0 Å². The van der Waals surface area contributed by atoms with E-state index in [0.29, 0.717) is 0 Å². The van der Waals surface area contributed by atoms with Crippen molar-refractivity contribution in [2.45, 2.75) is 0 Å². The first-order chi connectivity index (χ1) is 6.92. The summed E-state index contributed by atoms with van der Waals surface area (Å²) in [4.78, 5) is 0. The van der Waals surface area contributed by atoms with Gasteiger partial charge in [0.1, 0.15) is 0 Å². The van der Waals surface area contributed by atoms with Crippen molar-refractivity contribution in [3.05, 3.63) is 60.2 Å². The van der Waals surface area contributed by atoms with Gasteiger partial charge in [-0.25, -0.2) is 0 Å². The lowest BCUT2D eigenvalue weighted by Gasteiger charge is -2.02. The second kappa shape index (κ2) is 5.33. The summed E-state index contributed by atoms with van der Waals surface area (Å²) in [5.74, 6) is 0. The van der Waals surface area contributed by atoms with Crippen LogP contribution in [0.1, 0.15) is 5.56 Å². The molecule has 0 atom stereocenters. The number of benzene rings is 2. The molecule has 0 saturated heterocycles. The van der Waals surface area contributed by atoms with E-state index in [2.05, 4.69) is 6.07 Å². The maximum Gasteiger partial charge on any atom is 0.0998 e. The van der Waals surface area contributed by atoms with Crippen molar-refractivity contribution in [1.82, 2.24) is 0 Å². The Balaban J connectivity index is 0.00000112. The van der Waals surface area contributed by atoms with Gasteiger partial charge in [0.05, 0.1) is 11.6 Å². The molecule has 0 N–H and O–H groups in total. The number of nitriles is 1. The maximum absolute atomic E-state index is 8.93. The number of hydrogen-bond donors (Lipinski definition) is 0. The summed E-state index contributed by atoms with van der Waals surface area (Å²) in [6, 6.07) is 19.8. The van der Waals surface area contributed by atoms with Crippen LogP contribution >= 0.6 is 17.0 Å². The molecule has 0 radical (unpaired) electrons. The van der Waals surface area contributed by atoms with Crippen LogP contribution in [0.15, 0.2) is 54.6 Å². The standard InChI is InChI=1S/C13H9N.BrH/c14-10-12-8-4-5-9-13(12)11-6-2-1-3-7-11;/h1-9H;1H. The third kappa shape index (κ3) is 2.45. The Kier molecular flexibility index (Phi) is 4.08. The summed E-state index contributed by atoms with van der Waals surface area (Å²) >= 11 is 0. The first-order valence-corrected chi connectivity index (χ1v) is 4.46. The Morgan fingerprint density at radius 2 is 1.40 bits per heavy atom. The summed E-state index contributed by atoms with van der Waals surface area (Å²) in [6.07, 6.45) is 0. The van der Waals surface area contributed by atoms with Crippen molar-refractivity contribution in [3.8, 4) is 17.2 Å². The quantitative estimate of drug-likeness (QED) is 0.765. The van der Waals surface area contributed by atoms with E-state index in [0.717, 1.165) is 16.7 Å². The normalized spacial score (nSPS) is 8.73. The predicted octanol–water partition coefficient (Wildman–Crippen LogP) is 3.80. The molecule has 0 aliphatic carbocycles. The van der Waals surface area contributed by atoms with E-state index in [9.17, 15) is 0 Å². The summed E-state index contributed by atoms with van der Waals surface area (Å²) in [7, 11) is 0. The van der Waals surface area contributed by atoms with E-state index in [1.54, 1.807) is 0 Å². The zero-order valence-electron chi connectivity index (χ0n) is 8.05. The molecule has 0 aliphatic heterocycles. The first-order valence-electron chi connectivity index (χ1n) is 4.46. The van der Waals surface area contributed by atoms with Crippen LogP contribution in [0.2, 0.25) is 0 Å². The van der Waals surface area contributed by atoms with Gasteiger partial charge in [-0.1, -0.05) is 48.5 Å². The van der Waals surface area contributed by atoms with Crippen LogP contribution in [0, 0.1) is 11.3 Å². The Morgan fingerprint density at radius 3 is 2.07 bits per heavy atom. The molecule has 0 saturated carbocycles. The SMILES string of the molecule is Br.N#Cc1ccccc1-c1ccccc1. The highest BCUT2D eigenvalue weighted by atomic mass is 79.9. The Morgan fingerprint density at radius 1 is 0.800 bits per heavy atom. The average molecular weight is 260 g/mol. The fourth-order valence-corrected chi connectivity index (χ4v) is 1.45. The van der Waals surface area contributed by atoms with Gasteiger partial charge in [0.25, 0.3) is 0 Å². The van der Waals surface area contributed by atoms with E-state index < -0.39 is 0 Å². The Bertz CT molecular complexity index is 471. The molecule has 0 aliphatic rings. The van der Waals surface area contributed by atoms with Gasteiger partial charge in [0, 0.05) is 0 Å². The maximum atomic E-state index is 8.93. The van der Waals surface area contributed by atoms with Crippen LogP contribution in [0.4, 0.5) is 0 Å². The second-order valence-electron chi connectivity index (χ2n) is 3.02. The van der Waals surface area contributed by atoms with E-state index >= 15 is 0 Å². The van der Waals surface area contributed by atoms with Crippen LogP contribution in [0.25, 0.3) is 11.1 Å². The minimum atomic E-state index is 0. The summed E-state index contributed by atoms with van der Waals surface area (Å²) in [6.45, 7) is 0. The summed E-state index contributed by atoms with van der Waals surface area (Å²) in [5.41, 5.74) is 2.80. The highest BCUT2D eigenvalue weighted by Crippen LogP contribution is 2.22. The molecule has 0 heterocycles. The Hall–Kier alpha value is -1.59. The number of nitrogens with zero attached hydrogens (tertiary/aromatic N) is 1. The lowest BCUT2D eigenvalue weighted by molar-refractivity contribution is 1.48. The fourth-order valence-electron chi connectivity index (χ4n) is 1.45. The zero-order valence-corrected chi connectivity index (χ0v) is 9.76. The molecule has 0 amide bonds. The number of halogens is 1. The summed E-state index contributed by atoms with van der Waals surface area (Å²) < 4.78 is 0. The van der Waals surface area contributed by atoms with Crippen LogP contribution < -0.4 is 0 Å². The molecule has 74 valence electrons. The Labute approximate surface area is 99.8 Å². The lowest BCUT2D eigenvalue weighted by Crippen LogP contribution is -1.82. The minimum Gasteiger partial charge on any atom is -0.192 e. The van der Waals surface area contributed by atoms with Gasteiger partial charge in [-0.15, -0.1) is 17.0 Å². The predicted molar refractivity (Wildman–Crippen MR) is 66.9 cm³/mol. The molecule has 2 aromatic carbocycles. The van der Waals surface area contributed by atoms with Crippen molar-refractivity contribution in [1.29, 1.82) is 5.26 Å². The van der Waals surface area contributed by atoms with Crippen LogP contribution in [-0.2, 0) is 0 Å². The molecule has 2 aromatic rings. The molecular weight excluding hydrogens is 250 g/mol. The smallest absolute Gasteiger partial charge is 0.0998 e.